The van der Waals surface area contributed by atoms with Crippen molar-refractivity contribution in [2.45, 2.75) is 32.7 Å². The van der Waals surface area contributed by atoms with Gasteiger partial charge < -0.3 is 14.3 Å². The lowest BCUT2D eigenvalue weighted by atomic mass is 10.0. The van der Waals surface area contributed by atoms with Gasteiger partial charge in [-0.15, -0.1) is 0 Å². The van der Waals surface area contributed by atoms with Crippen molar-refractivity contribution >= 4 is 17.8 Å². The van der Waals surface area contributed by atoms with E-state index in [1.807, 2.05) is 55.5 Å². The number of imide groups is 1. The molecule has 0 saturated carbocycles. The SMILES string of the molecule is Cc1oc(-c2cccc(-c3ccccc3)c2)nc1CCOc1ccc(CCC(=O)O)c(C(=O)N2Cc3ccccc3C2=O)c1. The Kier molecular flexibility index (Phi) is 8.06. The summed E-state index contributed by atoms with van der Waals surface area (Å²) in [6.07, 6.45) is 0.479. The van der Waals surface area contributed by atoms with Gasteiger partial charge in [0.05, 0.1) is 18.8 Å². The van der Waals surface area contributed by atoms with Crippen LogP contribution in [0.5, 0.6) is 5.75 Å². The molecule has 4 aromatic carbocycles. The van der Waals surface area contributed by atoms with E-state index in [1.165, 1.54) is 4.90 Å². The fraction of sp³-hybridized carbons (Fsp3) is 0.167. The van der Waals surface area contributed by atoms with Crippen LogP contribution in [0.4, 0.5) is 0 Å². The summed E-state index contributed by atoms with van der Waals surface area (Å²) in [5.74, 6) is -0.154. The lowest BCUT2D eigenvalue weighted by molar-refractivity contribution is -0.136. The van der Waals surface area contributed by atoms with Crippen molar-refractivity contribution in [3.8, 4) is 28.3 Å². The summed E-state index contributed by atoms with van der Waals surface area (Å²) < 4.78 is 12.0. The van der Waals surface area contributed by atoms with Crippen molar-refractivity contribution < 1.29 is 28.6 Å². The number of carbonyl (C=O) groups excluding carboxylic acids is 2. The van der Waals surface area contributed by atoms with Crippen molar-refractivity contribution in [2.75, 3.05) is 6.61 Å². The minimum atomic E-state index is -0.970. The molecule has 0 unspecified atom stereocenters. The van der Waals surface area contributed by atoms with Crippen LogP contribution in [-0.2, 0) is 24.2 Å². The summed E-state index contributed by atoms with van der Waals surface area (Å²) in [5, 5.41) is 9.23. The number of hydrogen-bond acceptors (Lipinski definition) is 6. The van der Waals surface area contributed by atoms with Crippen LogP contribution in [-0.4, -0.2) is 39.4 Å². The monoisotopic (exact) mass is 586 g/mol. The molecule has 1 aromatic heterocycles. The van der Waals surface area contributed by atoms with Crippen molar-refractivity contribution in [1.82, 2.24) is 9.88 Å². The summed E-state index contributed by atoms with van der Waals surface area (Å²) >= 11 is 0. The largest absolute Gasteiger partial charge is 0.493 e. The summed E-state index contributed by atoms with van der Waals surface area (Å²) in [7, 11) is 0. The number of hydrogen-bond donors (Lipinski definition) is 1. The highest BCUT2D eigenvalue weighted by Gasteiger charge is 2.33. The first-order valence-electron chi connectivity index (χ1n) is 14.4. The number of carboxylic acid groups (broad SMARTS) is 1. The smallest absolute Gasteiger partial charge is 0.303 e. The second kappa shape index (κ2) is 12.4. The van der Waals surface area contributed by atoms with Gasteiger partial charge in [0.15, 0.2) is 0 Å². The minimum Gasteiger partial charge on any atom is -0.493 e. The van der Waals surface area contributed by atoms with Gasteiger partial charge in [-0.25, -0.2) is 4.98 Å². The van der Waals surface area contributed by atoms with E-state index in [2.05, 4.69) is 18.2 Å². The van der Waals surface area contributed by atoms with Crippen LogP contribution in [0.25, 0.3) is 22.6 Å². The third-order valence-corrected chi connectivity index (χ3v) is 7.70. The zero-order valence-electron chi connectivity index (χ0n) is 24.2. The summed E-state index contributed by atoms with van der Waals surface area (Å²) in [6, 6.07) is 30.3. The number of fused-ring (bicyclic) bond motifs is 1. The Labute approximate surface area is 254 Å². The molecule has 5 aromatic rings. The van der Waals surface area contributed by atoms with Crippen LogP contribution >= 0.6 is 0 Å². The van der Waals surface area contributed by atoms with Gasteiger partial charge in [0.2, 0.25) is 5.89 Å². The molecule has 0 spiro atoms. The van der Waals surface area contributed by atoms with Gasteiger partial charge in [0, 0.05) is 29.5 Å². The van der Waals surface area contributed by atoms with E-state index in [1.54, 1.807) is 30.3 Å². The van der Waals surface area contributed by atoms with E-state index in [0.717, 1.165) is 27.9 Å². The molecule has 1 aliphatic rings. The number of aromatic nitrogens is 1. The average molecular weight is 587 g/mol. The van der Waals surface area contributed by atoms with Gasteiger partial charge in [0.1, 0.15) is 11.5 Å². The summed E-state index contributed by atoms with van der Waals surface area (Å²) in [5.41, 5.74) is 5.89. The van der Waals surface area contributed by atoms with E-state index < -0.39 is 11.9 Å². The predicted molar refractivity (Wildman–Crippen MR) is 164 cm³/mol. The number of ether oxygens (including phenoxy) is 1. The molecular weight excluding hydrogens is 556 g/mol. The first kappa shape index (κ1) is 28.6. The molecule has 220 valence electrons. The number of carbonyl (C=O) groups is 3. The number of aliphatic carboxylic acids is 1. The summed E-state index contributed by atoms with van der Waals surface area (Å²) in [4.78, 5) is 43.8. The van der Waals surface area contributed by atoms with Crippen LogP contribution in [0.3, 0.4) is 0 Å². The van der Waals surface area contributed by atoms with Crippen molar-refractivity contribution in [3.63, 3.8) is 0 Å². The molecule has 1 N–H and O–H groups in total. The topological polar surface area (TPSA) is 110 Å². The Morgan fingerprint density at radius 1 is 0.886 bits per heavy atom. The Bertz CT molecular complexity index is 1860. The van der Waals surface area contributed by atoms with E-state index >= 15 is 0 Å². The maximum Gasteiger partial charge on any atom is 0.303 e. The number of aryl methyl sites for hydroxylation is 2. The van der Waals surface area contributed by atoms with Gasteiger partial charge >= 0.3 is 5.97 Å². The number of nitrogens with zero attached hydrogens (tertiary/aromatic N) is 2. The zero-order chi connectivity index (χ0) is 30.6. The van der Waals surface area contributed by atoms with Gasteiger partial charge in [-0.05, 0) is 65.9 Å². The molecule has 2 heterocycles. The van der Waals surface area contributed by atoms with Crippen molar-refractivity contribution in [2.24, 2.45) is 0 Å². The molecule has 0 fully saturated rings. The highest BCUT2D eigenvalue weighted by atomic mass is 16.5. The Balaban J connectivity index is 1.17. The maximum atomic E-state index is 13.6. The molecule has 44 heavy (non-hydrogen) atoms. The normalized spacial score (nSPS) is 12.3. The highest BCUT2D eigenvalue weighted by Crippen LogP contribution is 2.29. The third kappa shape index (κ3) is 6.01. The molecule has 8 heteroatoms. The third-order valence-electron chi connectivity index (χ3n) is 7.70. The van der Waals surface area contributed by atoms with Crippen LogP contribution < -0.4 is 4.74 Å². The van der Waals surface area contributed by atoms with E-state index in [-0.39, 0.29) is 37.5 Å². The average Bonchev–Trinajstić information content (AvgIpc) is 3.59. The van der Waals surface area contributed by atoms with E-state index in [0.29, 0.717) is 34.9 Å². The van der Waals surface area contributed by atoms with E-state index in [9.17, 15) is 19.5 Å². The molecule has 8 nitrogen and oxygen atoms in total. The van der Waals surface area contributed by atoms with Gasteiger partial charge in [0.25, 0.3) is 11.8 Å². The number of carboxylic acids is 1. The molecule has 0 radical (unpaired) electrons. The molecule has 1 aliphatic heterocycles. The second-order valence-electron chi connectivity index (χ2n) is 10.6. The standard InChI is InChI=1S/C36H30N2O6/c1-23-32(37-34(44-23)27-12-7-11-26(20-27)24-8-3-2-4-9-24)18-19-43-29-16-14-25(15-17-33(39)40)31(21-29)36(42)38-22-28-10-5-6-13-30(28)35(38)41/h2-14,16,20-21H,15,17-19,22H2,1H3,(H,39,40). The van der Waals surface area contributed by atoms with E-state index in [4.69, 9.17) is 14.1 Å². The van der Waals surface area contributed by atoms with Gasteiger partial charge in [-0.3, -0.25) is 19.3 Å². The predicted octanol–water partition coefficient (Wildman–Crippen LogP) is 6.75. The molecule has 6 rings (SSSR count). The molecule has 0 atom stereocenters. The lowest BCUT2D eigenvalue weighted by Crippen LogP contribution is -2.32. The molecule has 0 saturated heterocycles. The van der Waals surface area contributed by atoms with Crippen LogP contribution in [0.15, 0.2) is 101 Å². The van der Waals surface area contributed by atoms with Crippen LogP contribution in [0.2, 0.25) is 0 Å². The van der Waals surface area contributed by atoms with Crippen LogP contribution in [0.1, 0.15) is 49.7 Å². The van der Waals surface area contributed by atoms with Crippen molar-refractivity contribution in [1.29, 1.82) is 0 Å². The zero-order valence-corrected chi connectivity index (χ0v) is 24.2. The first-order valence-corrected chi connectivity index (χ1v) is 14.4. The number of benzene rings is 4. The summed E-state index contributed by atoms with van der Waals surface area (Å²) in [6.45, 7) is 2.30. The fourth-order valence-corrected chi connectivity index (χ4v) is 5.38. The first-order chi connectivity index (χ1) is 21.4. The molecule has 2 amide bonds. The minimum absolute atomic E-state index is 0.142. The van der Waals surface area contributed by atoms with Crippen molar-refractivity contribution in [3.05, 3.63) is 131 Å². The number of rotatable bonds is 10. The van der Waals surface area contributed by atoms with Gasteiger partial charge in [-0.1, -0.05) is 66.7 Å². The van der Waals surface area contributed by atoms with Gasteiger partial charge in [-0.2, -0.15) is 0 Å². The molecule has 0 aliphatic carbocycles. The van der Waals surface area contributed by atoms with Crippen LogP contribution in [0, 0.1) is 6.92 Å². The number of oxazole rings is 1. The maximum absolute atomic E-state index is 13.6. The Morgan fingerprint density at radius 2 is 1.64 bits per heavy atom. The molecular formula is C36H30N2O6. The molecule has 0 bridgehead atoms. The fourth-order valence-electron chi connectivity index (χ4n) is 5.38. The Hall–Kier alpha value is -5.50. The number of amides is 2. The highest BCUT2D eigenvalue weighted by molar-refractivity contribution is 6.13. The quantitative estimate of drug-likeness (QED) is 0.180. The Morgan fingerprint density at radius 3 is 2.43 bits per heavy atom. The second-order valence-corrected chi connectivity index (χ2v) is 10.6. The lowest BCUT2D eigenvalue weighted by Gasteiger charge is -2.17.